The molecule has 2 N–H and O–H groups in total. The first-order valence-electron chi connectivity index (χ1n) is 12.7. The van der Waals surface area contributed by atoms with Gasteiger partial charge in [-0.1, -0.05) is 60.7 Å². The van der Waals surface area contributed by atoms with Gasteiger partial charge in [0.15, 0.2) is 0 Å². The van der Waals surface area contributed by atoms with Gasteiger partial charge >= 0.3 is 0 Å². The van der Waals surface area contributed by atoms with Crippen LogP contribution in [-0.4, -0.2) is 18.3 Å². The van der Waals surface area contributed by atoms with Gasteiger partial charge in [0.2, 0.25) is 0 Å². The molecule has 4 aromatic rings. The Bertz CT molecular complexity index is 1400. The molecular weight excluding hydrogens is 461 g/mol. The lowest BCUT2D eigenvalue weighted by molar-refractivity contribution is 0.0936. The average molecular weight is 492 g/mol. The minimum Gasteiger partial charge on any atom is -0.345 e. The van der Waals surface area contributed by atoms with Crippen LogP contribution < -0.4 is 10.6 Å². The van der Waals surface area contributed by atoms with Crippen molar-refractivity contribution in [2.75, 3.05) is 11.9 Å². The molecule has 0 bridgehead atoms. The third-order valence-corrected chi connectivity index (χ3v) is 6.77. The van der Waals surface area contributed by atoms with Gasteiger partial charge in [-0.15, -0.1) is 0 Å². The molecule has 0 radical (unpaired) electrons. The summed E-state index contributed by atoms with van der Waals surface area (Å²) in [6.07, 6.45) is 2.58. The molecule has 1 aliphatic carbocycles. The lowest BCUT2D eigenvalue weighted by Crippen LogP contribution is -2.27. The number of halogens is 1. The second kappa shape index (κ2) is 11.2. The van der Waals surface area contributed by atoms with Crippen LogP contribution in [0.3, 0.4) is 0 Å². The lowest BCUT2D eigenvalue weighted by Gasteiger charge is -2.16. The first-order valence-corrected chi connectivity index (χ1v) is 12.7. The molecule has 0 heterocycles. The first-order chi connectivity index (χ1) is 18.0. The average Bonchev–Trinajstić information content (AvgIpc) is 3.32. The highest BCUT2D eigenvalue weighted by Crippen LogP contribution is 2.33. The number of fused-ring (bicyclic) bond motifs is 1. The number of benzene rings is 4. The Balaban J connectivity index is 1.20. The van der Waals surface area contributed by atoms with Crippen molar-refractivity contribution in [1.29, 1.82) is 0 Å². The van der Waals surface area contributed by atoms with Crippen molar-refractivity contribution >= 4 is 17.4 Å². The Morgan fingerprint density at radius 1 is 0.919 bits per heavy atom. The summed E-state index contributed by atoms with van der Waals surface area (Å²) in [7, 11) is 0. The number of aliphatic imine (C=N–C) groups is 1. The largest absolute Gasteiger partial charge is 0.345 e. The molecule has 186 valence electrons. The fourth-order valence-corrected chi connectivity index (χ4v) is 4.77. The van der Waals surface area contributed by atoms with Gasteiger partial charge in [0, 0.05) is 17.8 Å². The van der Waals surface area contributed by atoms with Crippen LogP contribution in [-0.2, 0) is 12.8 Å². The Morgan fingerprint density at radius 3 is 2.41 bits per heavy atom. The van der Waals surface area contributed by atoms with E-state index in [-0.39, 0.29) is 17.8 Å². The Labute approximate surface area is 217 Å². The highest BCUT2D eigenvalue weighted by molar-refractivity contribution is 5.95. The highest BCUT2D eigenvalue weighted by atomic mass is 19.1. The third kappa shape index (κ3) is 6.12. The van der Waals surface area contributed by atoms with Crippen molar-refractivity contribution in [1.82, 2.24) is 5.32 Å². The summed E-state index contributed by atoms with van der Waals surface area (Å²) in [5, 5.41) is 6.60. The van der Waals surface area contributed by atoms with E-state index in [0.717, 1.165) is 53.0 Å². The summed E-state index contributed by atoms with van der Waals surface area (Å²) >= 11 is 0. The van der Waals surface area contributed by atoms with E-state index in [2.05, 4.69) is 46.0 Å². The summed E-state index contributed by atoms with van der Waals surface area (Å²) in [6.45, 7) is 2.56. The normalized spacial score (nSPS) is 14.8. The predicted molar refractivity (Wildman–Crippen MR) is 149 cm³/mol. The summed E-state index contributed by atoms with van der Waals surface area (Å²) in [5.41, 5.74) is 7.31. The molecule has 5 heteroatoms. The maximum absolute atomic E-state index is 13.1. The summed E-state index contributed by atoms with van der Waals surface area (Å²) in [4.78, 5) is 17.6. The second-order valence-corrected chi connectivity index (χ2v) is 9.39. The molecule has 0 aromatic heterocycles. The smallest absolute Gasteiger partial charge is 0.251 e. The number of nitrogens with one attached hydrogen (secondary N) is 2. The van der Waals surface area contributed by atoms with Crippen LogP contribution in [0.1, 0.15) is 46.4 Å². The minimum absolute atomic E-state index is 0.0197. The number of carbonyl (C=O) groups excluding carboxylic acids is 1. The molecule has 1 amide bonds. The van der Waals surface area contributed by atoms with Gasteiger partial charge < -0.3 is 10.6 Å². The molecule has 0 fully saturated rings. The second-order valence-electron chi connectivity index (χ2n) is 9.39. The van der Waals surface area contributed by atoms with Gasteiger partial charge in [-0.2, -0.15) is 0 Å². The summed E-state index contributed by atoms with van der Waals surface area (Å²) in [6, 6.07) is 30.7. The monoisotopic (exact) mass is 491 g/mol. The maximum Gasteiger partial charge on any atom is 0.251 e. The number of hydrogen-bond acceptors (Lipinski definition) is 2. The zero-order chi connectivity index (χ0) is 25.6. The van der Waals surface area contributed by atoms with Crippen LogP contribution in [0.2, 0.25) is 0 Å². The number of anilines is 1. The van der Waals surface area contributed by atoms with Crippen LogP contribution in [0.15, 0.2) is 102 Å². The number of amidine groups is 1. The fraction of sp³-hybridized carbons (Fsp3) is 0.188. The molecule has 4 aromatic carbocycles. The van der Waals surface area contributed by atoms with Crippen molar-refractivity contribution in [3.8, 4) is 11.1 Å². The predicted octanol–water partition coefficient (Wildman–Crippen LogP) is 6.98. The fourth-order valence-electron chi connectivity index (χ4n) is 4.77. The summed E-state index contributed by atoms with van der Waals surface area (Å²) in [5.74, 6) is 0.533. The molecule has 0 saturated heterocycles. The number of aryl methyl sites for hydroxylation is 1. The van der Waals surface area contributed by atoms with Gasteiger partial charge in [0.25, 0.3) is 5.91 Å². The SMILES string of the molecule is CC(=NCCc1ccc(F)cc1)Nc1ccc2c(c1)[C@H](NC(=O)c1ccc(-c3ccccc3)cc1)CC2. The molecule has 0 aliphatic heterocycles. The minimum atomic E-state index is -0.225. The lowest BCUT2D eigenvalue weighted by atomic mass is 10.0. The molecule has 1 atom stereocenters. The zero-order valence-corrected chi connectivity index (χ0v) is 20.9. The van der Waals surface area contributed by atoms with E-state index < -0.39 is 0 Å². The summed E-state index contributed by atoms with van der Waals surface area (Å²) < 4.78 is 13.1. The Kier molecular flexibility index (Phi) is 7.41. The number of carbonyl (C=O) groups is 1. The number of hydrogen-bond donors (Lipinski definition) is 2. The van der Waals surface area contributed by atoms with Gasteiger partial charge in [0.05, 0.1) is 11.9 Å². The van der Waals surface area contributed by atoms with E-state index in [1.54, 1.807) is 12.1 Å². The molecule has 37 heavy (non-hydrogen) atoms. The van der Waals surface area contributed by atoms with Crippen molar-refractivity contribution in [3.63, 3.8) is 0 Å². The van der Waals surface area contributed by atoms with Gasteiger partial charge in [0.1, 0.15) is 5.82 Å². The Morgan fingerprint density at radius 2 is 1.65 bits per heavy atom. The van der Waals surface area contributed by atoms with Crippen molar-refractivity contribution in [2.24, 2.45) is 4.99 Å². The topological polar surface area (TPSA) is 53.5 Å². The highest BCUT2D eigenvalue weighted by Gasteiger charge is 2.24. The molecular formula is C32H30FN3O. The van der Waals surface area contributed by atoms with Crippen LogP contribution in [0, 0.1) is 5.82 Å². The first kappa shape index (κ1) is 24.4. The van der Waals surface area contributed by atoms with E-state index in [4.69, 9.17) is 0 Å². The van der Waals surface area contributed by atoms with Crippen molar-refractivity contribution < 1.29 is 9.18 Å². The third-order valence-electron chi connectivity index (χ3n) is 6.77. The molecule has 0 saturated carbocycles. The van der Waals surface area contributed by atoms with Gasteiger partial charge in [-0.25, -0.2) is 4.39 Å². The van der Waals surface area contributed by atoms with E-state index in [0.29, 0.717) is 12.1 Å². The molecule has 1 aliphatic rings. The number of nitrogens with zero attached hydrogens (tertiary/aromatic N) is 1. The van der Waals surface area contributed by atoms with Crippen LogP contribution in [0.4, 0.5) is 10.1 Å². The standard InChI is InChI=1S/C32H30FN3O/c1-22(34-20-19-23-7-15-28(33)16-8-23)35-29-17-13-26-14-18-31(30(26)21-29)36-32(37)27-11-9-25(10-12-27)24-5-3-2-4-6-24/h2-13,15-17,21,31H,14,18-20H2,1H3,(H,34,35)(H,36,37)/t31-/m1/s1. The number of amides is 1. The van der Waals surface area contributed by atoms with E-state index in [1.165, 1.54) is 17.7 Å². The molecule has 0 spiro atoms. The maximum atomic E-state index is 13.1. The molecule has 4 nitrogen and oxygen atoms in total. The quantitative estimate of drug-likeness (QED) is 0.216. The van der Waals surface area contributed by atoms with Crippen molar-refractivity contribution in [3.05, 3.63) is 125 Å². The van der Waals surface area contributed by atoms with Crippen LogP contribution in [0.25, 0.3) is 11.1 Å². The van der Waals surface area contributed by atoms with Crippen LogP contribution in [0.5, 0.6) is 0 Å². The van der Waals surface area contributed by atoms with E-state index in [1.807, 2.05) is 49.4 Å². The molecule has 0 unspecified atom stereocenters. The van der Waals surface area contributed by atoms with E-state index in [9.17, 15) is 9.18 Å². The number of rotatable bonds is 7. The van der Waals surface area contributed by atoms with E-state index >= 15 is 0 Å². The zero-order valence-electron chi connectivity index (χ0n) is 20.9. The van der Waals surface area contributed by atoms with Crippen molar-refractivity contribution in [2.45, 2.75) is 32.2 Å². The van der Waals surface area contributed by atoms with Gasteiger partial charge in [-0.3, -0.25) is 9.79 Å². The molecule has 5 rings (SSSR count). The van der Waals surface area contributed by atoms with Crippen LogP contribution >= 0.6 is 0 Å². The Hall–Kier alpha value is -4.25. The van der Waals surface area contributed by atoms with Gasteiger partial charge in [-0.05, 0) is 90.4 Å².